The van der Waals surface area contributed by atoms with Gasteiger partial charge in [-0.3, -0.25) is 4.79 Å². The van der Waals surface area contributed by atoms with Crippen LogP contribution in [-0.4, -0.2) is 33.7 Å². The molecule has 0 spiro atoms. The number of hydrogen-bond donors (Lipinski definition) is 3. The second-order valence-corrected chi connectivity index (χ2v) is 7.03. The maximum Gasteiger partial charge on any atom is 0.320 e. The second kappa shape index (κ2) is 5.65. The van der Waals surface area contributed by atoms with Crippen molar-refractivity contribution in [1.82, 2.24) is 4.72 Å². The Bertz CT molecular complexity index is 663. The number of nitrogens with one attached hydrogen (secondary N) is 1. The SMILES string of the molecule is NS(=O)(=O)c1ccc(CNS(=O)(=O)CC(=O)O)cc1. The summed E-state index contributed by atoms with van der Waals surface area (Å²) in [5.74, 6) is -2.49. The molecule has 1 aromatic rings. The number of aliphatic carboxylic acids is 1. The monoisotopic (exact) mass is 308 g/mol. The zero-order valence-electron chi connectivity index (χ0n) is 9.61. The molecule has 106 valence electrons. The van der Waals surface area contributed by atoms with E-state index < -0.39 is 31.8 Å². The van der Waals surface area contributed by atoms with Gasteiger partial charge < -0.3 is 5.11 Å². The van der Waals surface area contributed by atoms with Crippen molar-refractivity contribution < 1.29 is 26.7 Å². The lowest BCUT2D eigenvalue weighted by molar-refractivity contribution is -0.134. The van der Waals surface area contributed by atoms with E-state index in [0.717, 1.165) is 0 Å². The Kier molecular flexibility index (Phi) is 4.63. The van der Waals surface area contributed by atoms with Crippen LogP contribution >= 0.6 is 0 Å². The van der Waals surface area contributed by atoms with Crippen molar-refractivity contribution in [2.45, 2.75) is 11.4 Å². The molecule has 0 unspecified atom stereocenters. The van der Waals surface area contributed by atoms with Crippen LogP contribution in [0.25, 0.3) is 0 Å². The van der Waals surface area contributed by atoms with E-state index in [2.05, 4.69) is 4.72 Å². The summed E-state index contributed by atoms with van der Waals surface area (Å²) >= 11 is 0. The van der Waals surface area contributed by atoms with Gasteiger partial charge in [0.15, 0.2) is 5.75 Å². The molecule has 0 saturated carbocycles. The van der Waals surface area contributed by atoms with Crippen molar-refractivity contribution in [2.24, 2.45) is 5.14 Å². The third kappa shape index (κ3) is 5.34. The maximum atomic E-state index is 11.2. The molecule has 8 nitrogen and oxygen atoms in total. The van der Waals surface area contributed by atoms with Gasteiger partial charge >= 0.3 is 5.97 Å². The van der Waals surface area contributed by atoms with Gasteiger partial charge in [-0.25, -0.2) is 26.7 Å². The van der Waals surface area contributed by atoms with Crippen LogP contribution in [0.2, 0.25) is 0 Å². The van der Waals surface area contributed by atoms with Crippen molar-refractivity contribution in [3.63, 3.8) is 0 Å². The predicted octanol–water partition coefficient (Wildman–Crippen LogP) is -1.16. The molecule has 1 aromatic carbocycles. The van der Waals surface area contributed by atoms with Gasteiger partial charge in [0.25, 0.3) is 0 Å². The molecular formula is C9H12N2O6S2. The first-order valence-corrected chi connectivity index (χ1v) is 8.11. The number of sulfonamides is 2. The van der Waals surface area contributed by atoms with Gasteiger partial charge in [-0.15, -0.1) is 0 Å². The third-order valence-corrected chi connectivity index (χ3v) is 4.20. The van der Waals surface area contributed by atoms with E-state index >= 15 is 0 Å². The molecule has 0 heterocycles. The molecule has 0 radical (unpaired) electrons. The van der Waals surface area contributed by atoms with Gasteiger partial charge in [0.2, 0.25) is 20.0 Å². The molecule has 4 N–H and O–H groups in total. The number of hydrogen-bond acceptors (Lipinski definition) is 5. The number of primary sulfonamides is 1. The average Bonchev–Trinajstić information content (AvgIpc) is 2.24. The van der Waals surface area contributed by atoms with E-state index in [-0.39, 0.29) is 11.4 Å². The summed E-state index contributed by atoms with van der Waals surface area (Å²) < 4.78 is 46.5. The zero-order valence-corrected chi connectivity index (χ0v) is 11.2. The molecule has 0 fully saturated rings. The van der Waals surface area contributed by atoms with Crippen LogP contribution in [0.4, 0.5) is 0 Å². The fraction of sp³-hybridized carbons (Fsp3) is 0.222. The molecule has 1 rings (SSSR count). The van der Waals surface area contributed by atoms with Crippen LogP contribution in [-0.2, 0) is 31.4 Å². The van der Waals surface area contributed by atoms with Gasteiger partial charge in [-0.2, -0.15) is 0 Å². The summed E-state index contributed by atoms with van der Waals surface area (Å²) in [7, 11) is -7.71. The lowest BCUT2D eigenvalue weighted by atomic mass is 10.2. The third-order valence-electron chi connectivity index (χ3n) is 2.06. The number of carbonyl (C=O) groups is 1. The maximum absolute atomic E-state index is 11.2. The summed E-state index contributed by atoms with van der Waals surface area (Å²) in [4.78, 5) is 10.2. The Morgan fingerprint density at radius 2 is 1.68 bits per heavy atom. The Morgan fingerprint density at radius 1 is 1.16 bits per heavy atom. The molecule has 0 aliphatic carbocycles. The highest BCUT2D eigenvalue weighted by molar-refractivity contribution is 7.90. The van der Waals surface area contributed by atoms with E-state index in [1.54, 1.807) is 0 Å². The summed E-state index contributed by atoms with van der Waals surface area (Å²) in [6.07, 6.45) is 0. The molecule has 0 aliphatic rings. The van der Waals surface area contributed by atoms with Crippen LogP contribution in [0.5, 0.6) is 0 Å². The first kappa shape index (κ1) is 15.6. The average molecular weight is 308 g/mol. The van der Waals surface area contributed by atoms with Crippen LogP contribution in [0.3, 0.4) is 0 Å². The van der Waals surface area contributed by atoms with Crippen molar-refractivity contribution in [3.05, 3.63) is 29.8 Å². The number of benzene rings is 1. The molecule has 0 bridgehead atoms. The molecule has 10 heteroatoms. The van der Waals surface area contributed by atoms with Gasteiger partial charge in [-0.1, -0.05) is 12.1 Å². The molecule has 0 aliphatic heterocycles. The van der Waals surface area contributed by atoms with Gasteiger partial charge in [0.05, 0.1) is 4.90 Å². The quantitative estimate of drug-likeness (QED) is 0.604. The molecular weight excluding hydrogens is 296 g/mol. The molecule has 0 amide bonds. The standard InChI is InChI=1S/C9H12N2O6S2/c10-19(16,17)8-3-1-7(2-4-8)5-11-18(14,15)6-9(12)13/h1-4,11H,5-6H2,(H,12,13)(H2,10,16,17). The number of rotatable bonds is 6. The minimum Gasteiger partial charge on any atom is -0.480 e. The molecule has 0 saturated heterocycles. The molecule has 0 aromatic heterocycles. The Labute approximate surface area is 110 Å². The smallest absolute Gasteiger partial charge is 0.320 e. The van der Waals surface area contributed by atoms with Gasteiger partial charge in [0, 0.05) is 6.54 Å². The molecule has 0 atom stereocenters. The number of carboxylic acids is 1. The topological polar surface area (TPSA) is 144 Å². The van der Waals surface area contributed by atoms with Crippen molar-refractivity contribution in [3.8, 4) is 0 Å². The Hall–Kier alpha value is -1.49. The van der Waals surface area contributed by atoms with Crippen LogP contribution in [0.15, 0.2) is 29.2 Å². The summed E-state index contributed by atoms with van der Waals surface area (Å²) in [6, 6.07) is 5.22. The van der Waals surface area contributed by atoms with E-state index in [0.29, 0.717) is 5.56 Å². The van der Waals surface area contributed by atoms with Crippen molar-refractivity contribution >= 4 is 26.0 Å². The largest absolute Gasteiger partial charge is 0.480 e. The fourth-order valence-electron chi connectivity index (χ4n) is 1.20. The summed E-state index contributed by atoms with van der Waals surface area (Å²) in [5.41, 5.74) is 0.473. The van der Waals surface area contributed by atoms with Gasteiger partial charge in [-0.05, 0) is 17.7 Å². The first-order valence-electron chi connectivity index (χ1n) is 4.91. The zero-order chi connectivity index (χ0) is 14.7. The minimum atomic E-state index is -3.91. The predicted molar refractivity (Wildman–Crippen MR) is 66.1 cm³/mol. The van der Waals surface area contributed by atoms with Gasteiger partial charge in [0.1, 0.15) is 0 Å². The van der Waals surface area contributed by atoms with Crippen molar-refractivity contribution in [2.75, 3.05) is 5.75 Å². The minimum absolute atomic E-state index is 0.0929. The van der Waals surface area contributed by atoms with Crippen LogP contribution < -0.4 is 9.86 Å². The highest BCUT2D eigenvalue weighted by atomic mass is 32.2. The summed E-state index contributed by atoms with van der Waals surface area (Å²) in [6.45, 7) is -0.138. The van der Waals surface area contributed by atoms with Crippen LogP contribution in [0, 0.1) is 0 Å². The molecule has 19 heavy (non-hydrogen) atoms. The highest BCUT2D eigenvalue weighted by Gasteiger charge is 2.15. The number of nitrogens with two attached hydrogens (primary N) is 1. The highest BCUT2D eigenvalue weighted by Crippen LogP contribution is 2.08. The second-order valence-electron chi connectivity index (χ2n) is 3.66. The Balaban J connectivity index is 2.73. The lowest BCUT2D eigenvalue weighted by Crippen LogP contribution is -2.29. The lowest BCUT2D eigenvalue weighted by Gasteiger charge is -2.05. The fourth-order valence-corrected chi connectivity index (χ4v) is 2.53. The van der Waals surface area contributed by atoms with E-state index in [1.807, 2.05) is 0 Å². The first-order chi connectivity index (χ1) is 8.60. The van der Waals surface area contributed by atoms with Crippen LogP contribution in [0.1, 0.15) is 5.56 Å². The Morgan fingerprint density at radius 3 is 2.11 bits per heavy atom. The summed E-state index contributed by atoms with van der Waals surface area (Å²) in [5, 5.41) is 13.3. The van der Waals surface area contributed by atoms with E-state index in [9.17, 15) is 21.6 Å². The normalized spacial score (nSPS) is 12.3. The number of carboxylic acid groups (broad SMARTS) is 1. The van der Waals surface area contributed by atoms with E-state index in [4.69, 9.17) is 10.2 Å². The van der Waals surface area contributed by atoms with E-state index in [1.165, 1.54) is 24.3 Å². The van der Waals surface area contributed by atoms with Crippen molar-refractivity contribution in [1.29, 1.82) is 0 Å².